The van der Waals surface area contributed by atoms with Crippen LogP contribution in [0.5, 0.6) is 0 Å². The lowest BCUT2D eigenvalue weighted by Crippen LogP contribution is -2.35. The van der Waals surface area contributed by atoms with Crippen LogP contribution in [0.3, 0.4) is 0 Å². The summed E-state index contributed by atoms with van der Waals surface area (Å²) in [6.07, 6.45) is 2.07. The Hall–Kier alpha value is -1.36. The van der Waals surface area contributed by atoms with E-state index in [0.29, 0.717) is 18.4 Å². The van der Waals surface area contributed by atoms with Gasteiger partial charge in [-0.1, -0.05) is 13.8 Å². The largest absolute Gasteiger partial charge is 0.396 e. The van der Waals surface area contributed by atoms with E-state index in [4.69, 9.17) is 0 Å². The number of nitrogens with zero attached hydrogens (tertiary/aromatic N) is 3. The van der Waals surface area contributed by atoms with Gasteiger partial charge in [-0.2, -0.15) is 0 Å². The van der Waals surface area contributed by atoms with E-state index in [0.717, 1.165) is 43.4 Å². The molecule has 106 valence electrons. The number of rotatable bonds is 4. The number of anilines is 2. The van der Waals surface area contributed by atoms with Crippen molar-refractivity contribution in [3.8, 4) is 0 Å². The Morgan fingerprint density at radius 1 is 1.37 bits per heavy atom. The Morgan fingerprint density at radius 3 is 2.58 bits per heavy atom. The van der Waals surface area contributed by atoms with E-state index in [2.05, 4.69) is 34.0 Å². The van der Waals surface area contributed by atoms with Crippen molar-refractivity contribution in [1.82, 2.24) is 9.97 Å². The van der Waals surface area contributed by atoms with Crippen molar-refractivity contribution in [3.05, 3.63) is 11.9 Å². The lowest BCUT2D eigenvalue weighted by molar-refractivity contribution is 0.202. The van der Waals surface area contributed by atoms with E-state index in [1.165, 1.54) is 0 Å². The van der Waals surface area contributed by atoms with Crippen molar-refractivity contribution in [1.29, 1.82) is 0 Å². The fraction of sp³-hybridized carbons (Fsp3) is 0.714. The second-order valence-corrected chi connectivity index (χ2v) is 5.49. The maximum Gasteiger partial charge on any atom is 0.135 e. The number of piperidine rings is 1. The smallest absolute Gasteiger partial charge is 0.135 e. The fourth-order valence-electron chi connectivity index (χ4n) is 2.35. The summed E-state index contributed by atoms with van der Waals surface area (Å²) in [5.41, 5.74) is 0. The van der Waals surface area contributed by atoms with Crippen LogP contribution < -0.4 is 10.2 Å². The average Bonchev–Trinajstić information content (AvgIpc) is 2.46. The van der Waals surface area contributed by atoms with Crippen LogP contribution in [0.2, 0.25) is 0 Å². The van der Waals surface area contributed by atoms with Gasteiger partial charge in [0.1, 0.15) is 17.5 Å². The highest BCUT2D eigenvalue weighted by Gasteiger charge is 2.20. The Labute approximate surface area is 115 Å². The fourth-order valence-corrected chi connectivity index (χ4v) is 2.35. The molecule has 0 spiro atoms. The first kappa shape index (κ1) is 14.1. The van der Waals surface area contributed by atoms with Gasteiger partial charge < -0.3 is 15.3 Å². The normalized spacial score (nSPS) is 17.0. The van der Waals surface area contributed by atoms with E-state index in [1.54, 1.807) is 0 Å². The molecule has 1 aromatic rings. The topological polar surface area (TPSA) is 61.3 Å². The van der Waals surface area contributed by atoms with E-state index < -0.39 is 0 Å². The highest BCUT2D eigenvalue weighted by molar-refractivity contribution is 5.49. The molecule has 5 nitrogen and oxygen atoms in total. The van der Waals surface area contributed by atoms with Gasteiger partial charge >= 0.3 is 0 Å². The van der Waals surface area contributed by atoms with E-state index in [-0.39, 0.29) is 0 Å². The molecule has 0 aromatic carbocycles. The molecule has 1 fully saturated rings. The molecule has 5 heteroatoms. The second-order valence-electron chi connectivity index (χ2n) is 5.49. The summed E-state index contributed by atoms with van der Waals surface area (Å²) >= 11 is 0. The first-order valence-electron chi connectivity index (χ1n) is 7.06. The van der Waals surface area contributed by atoms with Crippen molar-refractivity contribution < 1.29 is 5.11 Å². The number of aliphatic hydroxyl groups excluding tert-OH is 1. The minimum Gasteiger partial charge on any atom is -0.396 e. The van der Waals surface area contributed by atoms with E-state index in [1.807, 2.05) is 13.1 Å². The van der Waals surface area contributed by atoms with Gasteiger partial charge in [-0.05, 0) is 18.8 Å². The minimum atomic E-state index is 0.302. The molecule has 2 heterocycles. The molecule has 19 heavy (non-hydrogen) atoms. The van der Waals surface area contributed by atoms with Crippen LogP contribution in [0.15, 0.2) is 6.07 Å². The van der Waals surface area contributed by atoms with E-state index in [9.17, 15) is 5.11 Å². The van der Waals surface area contributed by atoms with Crippen molar-refractivity contribution in [2.24, 2.45) is 5.92 Å². The Kier molecular flexibility index (Phi) is 4.58. The minimum absolute atomic E-state index is 0.302. The van der Waals surface area contributed by atoms with Crippen LogP contribution in [0.1, 0.15) is 38.4 Å². The predicted octanol–water partition coefficient (Wildman–Crippen LogP) is 1.85. The number of hydrogen-bond acceptors (Lipinski definition) is 5. The molecule has 1 aliphatic heterocycles. The zero-order chi connectivity index (χ0) is 13.8. The third-order valence-electron chi connectivity index (χ3n) is 3.70. The standard InChI is InChI=1S/C14H24N4O/c1-10(2)14-16-12(15-3)8-13(17-14)18-6-4-11(9-19)5-7-18/h8,10-11,19H,4-7,9H2,1-3H3,(H,15,16,17). The van der Waals surface area contributed by atoms with Gasteiger partial charge in [-0.25, -0.2) is 9.97 Å². The zero-order valence-corrected chi connectivity index (χ0v) is 12.1. The molecular weight excluding hydrogens is 240 g/mol. The monoisotopic (exact) mass is 264 g/mol. The maximum atomic E-state index is 9.19. The third-order valence-corrected chi connectivity index (χ3v) is 3.70. The van der Waals surface area contributed by atoms with Crippen LogP contribution >= 0.6 is 0 Å². The Balaban J connectivity index is 2.17. The van der Waals surface area contributed by atoms with E-state index >= 15 is 0 Å². The quantitative estimate of drug-likeness (QED) is 0.869. The molecule has 0 aliphatic carbocycles. The van der Waals surface area contributed by atoms with Gasteiger partial charge in [0.25, 0.3) is 0 Å². The Morgan fingerprint density at radius 2 is 2.05 bits per heavy atom. The van der Waals surface area contributed by atoms with Crippen molar-refractivity contribution in [2.75, 3.05) is 37.0 Å². The highest BCUT2D eigenvalue weighted by Crippen LogP contribution is 2.24. The SMILES string of the molecule is CNc1cc(N2CCC(CO)CC2)nc(C(C)C)n1. The summed E-state index contributed by atoms with van der Waals surface area (Å²) < 4.78 is 0. The van der Waals surface area contributed by atoms with Crippen LogP contribution in [-0.2, 0) is 0 Å². The second kappa shape index (κ2) is 6.19. The predicted molar refractivity (Wildman–Crippen MR) is 77.7 cm³/mol. The van der Waals surface area contributed by atoms with Gasteiger partial charge in [-0.3, -0.25) is 0 Å². The number of hydrogen-bond donors (Lipinski definition) is 2. The lowest BCUT2D eigenvalue weighted by Gasteiger charge is -2.32. The van der Waals surface area contributed by atoms with Gasteiger partial charge in [-0.15, -0.1) is 0 Å². The molecule has 1 saturated heterocycles. The molecule has 1 aromatic heterocycles. The molecule has 0 atom stereocenters. The van der Waals surface area contributed by atoms with Gasteiger partial charge in [0, 0.05) is 38.7 Å². The maximum absolute atomic E-state index is 9.19. The molecule has 2 N–H and O–H groups in total. The summed E-state index contributed by atoms with van der Waals surface area (Å²) in [4.78, 5) is 11.4. The van der Waals surface area contributed by atoms with Crippen molar-refractivity contribution in [2.45, 2.75) is 32.6 Å². The summed E-state index contributed by atoms with van der Waals surface area (Å²) in [6, 6.07) is 2.01. The third kappa shape index (κ3) is 3.35. The van der Waals surface area contributed by atoms with Crippen LogP contribution in [0.25, 0.3) is 0 Å². The highest BCUT2D eigenvalue weighted by atomic mass is 16.3. The molecule has 0 amide bonds. The molecule has 0 unspecified atom stereocenters. The molecule has 0 saturated carbocycles. The first-order valence-corrected chi connectivity index (χ1v) is 7.06. The Bertz CT molecular complexity index is 414. The number of aliphatic hydroxyl groups is 1. The summed E-state index contributed by atoms with van der Waals surface area (Å²) in [5, 5.41) is 12.3. The number of nitrogens with one attached hydrogen (secondary N) is 1. The molecule has 1 aliphatic rings. The van der Waals surface area contributed by atoms with Crippen molar-refractivity contribution >= 4 is 11.6 Å². The summed E-state index contributed by atoms with van der Waals surface area (Å²) in [6.45, 7) is 6.44. The first-order chi connectivity index (χ1) is 9.13. The van der Waals surface area contributed by atoms with Crippen molar-refractivity contribution in [3.63, 3.8) is 0 Å². The average molecular weight is 264 g/mol. The van der Waals surface area contributed by atoms with Crippen LogP contribution in [-0.4, -0.2) is 41.8 Å². The molecular formula is C14H24N4O. The lowest BCUT2D eigenvalue weighted by atomic mass is 9.98. The van der Waals surface area contributed by atoms with Gasteiger partial charge in [0.2, 0.25) is 0 Å². The molecule has 2 rings (SSSR count). The van der Waals surface area contributed by atoms with Gasteiger partial charge in [0.15, 0.2) is 0 Å². The zero-order valence-electron chi connectivity index (χ0n) is 12.1. The van der Waals surface area contributed by atoms with Crippen LogP contribution in [0.4, 0.5) is 11.6 Å². The van der Waals surface area contributed by atoms with Crippen LogP contribution in [0, 0.1) is 5.92 Å². The molecule has 0 radical (unpaired) electrons. The summed E-state index contributed by atoms with van der Waals surface area (Å²) in [7, 11) is 1.88. The van der Waals surface area contributed by atoms with Gasteiger partial charge in [0.05, 0.1) is 0 Å². The number of aromatic nitrogens is 2. The molecule has 0 bridgehead atoms. The summed E-state index contributed by atoms with van der Waals surface area (Å²) in [5.74, 6) is 3.53.